The van der Waals surface area contributed by atoms with Crippen LogP contribution in [0.5, 0.6) is 5.75 Å². The minimum Gasteiger partial charge on any atom is -0.488 e. The van der Waals surface area contributed by atoms with E-state index in [1.165, 1.54) is 25.0 Å². The smallest absolute Gasteiger partial charge is 0.335 e. The molecule has 0 aliphatic carbocycles. The number of carboxylic acid groups (broad SMARTS) is 1. The Labute approximate surface area is 113 Å². The molecule has 0 amide bonds. The first-order valence-corrected chi connectivity index (χ1v) is 6.74. The van der Waals surface area contributed by atoms with Crippen molar-refractivity contribution in [3.63, 3.8) is 0 Å². The minimum absolute atomic E-state index is 0.0676. The van der Waals surface area contributed by atoms with E-state index in [1.54, 1.807) is 0 Å². The molecule has 0 bridgehead atoms. The zero-order valence-electron chi connectivity index (χ0n) is 11.5. The third kappa shape index (κ3) is 5.28. The summed E-state index contributed by atoms with van der Waals surface area (Å²) < 4.78 is 19.1. The highest BCUT2D eigenvalue weighted by Gasteiger charge is 2.11. The van der Waals surface area contributed by atoms with Gasteiger partial charge in [-0.15, -0.1) is 0 Å². The van der Waals surface area contributed by atoms with Crippen molar-refractivity contribution in [3.05, 3.63) is 29.6 Å². The number of halogens is 1. The van der Waals surface area contributed by atoms with E-state index in [0.717, 1.165) is 25.3 Å². The van der Waals surface area contributed by atoms with Crippen molar-refractivity contribution < 1.29 is 19.0 Å². The van der Waals surface area contributed by atoms with E-state index in [-0.39, 0.29) is 17.4 Å². The molecule has 19 heavy (non-hydrogen) atoms. The second-order valence-corrected chi connectivity index (χ2v) is 4.73. The van der Waals surface area contributed by atoms with Crippen LogP contribution in [0, 0.1) is 5.82 Å². The van der Waals surface area contributed by atoms with Gasteiger partial charge in [-0.3, -0.25) is 0 Å². The predicted molar refractivity (Wildman–Crippen MR) is 72.2 cm³/mol. The molecule has 106 valence electrons. The van der Waals surface area contributed by atoms with Crippen LogP contribution >= 0.6 is 0 Å². The first-order chi connectivity index (χ1) is 9.04. The van der Waals surface area contributed by atoms with Crippen LogP contribution in [0.4, 0.5) is 4.39 Å². The van der Waals surface area contributed by atoms with E-state index in [4.69, 9.17) is 9.84 Å². The summed E-state index contributed by atoms with van der Waals surface area (Å²) in [5, 5.41) is 8.74. The average molecular weight is 268 g/mol. The van der Waals surface area contributed by atoms with Crippen LogP contribution in [0.25, 0.3) is 0 Å². The summed E-state index contributed by atoms with van der Waals surface area (Å²) in [6.07, 6.45) is 5.41. The number of aromatic carboxylic acids is 1. The molecule has 1 atom stereocenters. The molecule has 0 aliphatic rings. The van der Waals surface area contributed by atoms with Gasteiger partial charge in [0, 0.05) is 0 Å². The van der Waals surface area contributed by atoms with Crippen LogP contribution in [-0.2, 0) is 0 Å². The van der Waals surface area contributed by atoms with E-state index in [0.29, 0.717) is 0 Å². The Balaban J connectivity index is 2.50. The fraction of sp³-hybridized carbons (Fsp3) is 0.533. The zero-order valence-corrected chi connectivity index (χ0v) is 11.5. The molecule has 1 aromatic rings. The lowest BCUT2D eigenvalue weighted by Crippen LogP contribution is -2.12. The lowest BCUT2D eigenvalue weighted by molar-refractivity contribution is 0.0696. The van der Waals surface area contributed by atoms with Crippen molar-refractivity contribution in [1.29, 1.82) is 0 Å². The van der Waals surface area contributed by atoms with Gasteiger partial charge in [0.05, 0.1) is 11.7 Å². The minimum atomic E-state index is -1.14. The molecule has 0 saturated heterocycles. The maximum Gasteiger partial charge on any atom is 0.335 e. The molecule has 0 aliphatic heterocycles. The van der Waals surface area contributed by atoms with E-state index in [2.05, 4.69) is 6.92 Å². The number of hydrogen-bond donors (Lipinski definition) is 1. The molecule has 1 N–H and O–H groups in total. The number of rotatable bonds is 8. The Morgan fingerprint density at radius 3 is 2.68 bits per heavy atom. The number of ether oxygens (including phenoxy) is 1. The largest absolute Gasteiger partial charge is 0.488 e. The summed E-state index contributed by atoms with van der Waals surface area (Å²) in [6, 6.07) is 3.72. The highest BCUT2D eigenvalue weighted by atomic mass is 19.1. The van der Waals surface area contributed by atoms with Crippen LogP contribution in [0.2, 0.25) is 0 Å². The maximum atomic E-state index is 13.6. The first-order valence-electron chi connectivity index (χ1n) is 6.74. The Morgan fingerprint density at radius 1 is 1.37 bits per heavy atom. The van der Waals surface area contributed by atoms with E-state index in [1.807, 2.05) is 6.92 Å². The van der Waals surface area contributed by atoms with Gasteiger partial charge in [-0.25, -0.2) is 9.18 Å². The number of benzene rings is 1. The van der Waals surface area contributed by atoms with Gasteiger partial charge < -0.3 is 9.84 Å². The third-order valence-corrected chi connectivity index (χ3v) is 2.97. The number of carboxylic acids is 1. The summed E-state index contributed by atoms with van der Waals surface area (Å²) >= 11 is 0. The predicted octanol–water partition coefficient (Wildman–Crippen LogP) is 4.26. The van der Waals surface area contributed by atoms with E-state index >= 15 is 0 Å². The number of carbonyl (C=O) groups is 1. The van der Waals surface area contributed by atoms with Crippen molar-refractivity contribution in [2.45, 2.75) is 52.1 Å². The monoisotopic (exact) mass is 268 g/mol. The lowest BCUT2D eigenvalue weighted by Gasteiger charge is -2.15. The molecule has 0 spiro atoms. The second kappa shape index (κ2) is 7.77. The standard InChI is InChI=1S/C15H21FO3/c1-3-4-5-6-7-11(2)19-14-9-8-12(15(17)18)10-13(14)16/h8-11H,3-7H2,1-2H3,(H,17,18)/t11-/m0/s1. The quantitative estimate of drug-likeness (QED) is 0.716. The molecule has 1 rings (SSSR count). The van der Waals surface area contributed by atoms with Crippen molar-refractivity contribution in [3.8, 4) is 5.75 Å². The Bertz CT molecular complexity index is 418. The van der Waals surface area contributed by atoms with Gasteiger partial charge >= 0.3 is 5.97 Å². The Morgan fingerprint density at radius 2 is 2.11 bits per heavy atom. The highest BCUT2D eigenvalue weighted by Crippen LogP contribution is 2.21. The van der Waals surface area contributed by atoms with E-state index < -0.39 is 11.8 Å². The van der Waals surface area contributed by atoms with Crippen molar-refractivity contribution in [1.82, 2.24) is 0 Å². The summed E-state index contributed by atoms with van der Waals surface area (Å²) in [5.41, 5.74) is -0.0690. The van der Waals surface area contributed by atoms with Gasteiger partial charge in [0.2, 0.25) is 0 Å². The molecule has 0 unspecified atom stereocenters. The van der Waals surface area contributed by atoms with Crippen molar-refractivity contribution >= 4 is 5.97 Å². The number of hydrogen-bond acceptors (Lipinski definition) is 2. The van der Waals surface area contributed by atoms with Gasteiger partial charge in [0.25, 0.3) is 0 Å². The summed E-state index contributed by atoms with van der Waals surface area (Å²) in [4.78, 5) is 10.7. The van der Waals surface area contributed by atoms with E-state index in [9.17, 15) is 9.18 Å². The van der Waals surface area contributed by atoms with Crippen molar-refractivity contribution in [2.75, 3.05) is 0 Å². The van der Waals surface area contributed by atoms with Gasteiger partial charge in [-0.05, 0) is 38.0 Å². The second-order valence-electron chi connectivity index (χ2n) is 4.73. The summed E-state index contributed by atoms with van der Waals surface area (Å²) in [5.74, 6) is -1.65. The lowest BCUT2D eigenvalue weighted by atomic mass is 10.1. The Kier molecular flexibility index (Phi) is 6.33. The Hall–Kier alpha value is -1.58. The summed E-state index contributed by atoms with van der Waals surface area (Å²) in [6.45, 7) is 4.05. The van der Waals surface area contributed by atoms with Crippen LogP contribution in [0.15, 0.2) is 18.2 Å². The normalized spacial score (nSPS) is 12.2. The summed E-state index contributed by atoms with van der Waals surface area (Å²) in [7, 11) is 0. The first kappa shape index (κ1) is 15.5. The molecular formula is C15H21FO3. The molecule has 4 heteroatoms. The molecule has 0 heterocycles. The topological polar surface area (TPSA) is 46.5 Å². The van der Waals surface area contributed by atoms with Crippen LogP contribution in [0.1, 0.15) is 56.3 Å². The van der Waals surface area contributed by atoms with Crippen LogP contribution < -0.4 is 4.74 Å². The van der Waals surface area contributed by atoms with Gasteiger partial charge in [-0.1, -0.05) is 26.2 Å². The van der Waals surface area contributed by atoms with Gasteiger partial charge in [-0.2, -0.15) is 0 Å². The SMILES string of the molecule is CCCCCC[C@H](C)Oc1ccc(C(=O)O)cc1F. The zero-order chi connectivity index (χ0) is 14.3. The molecular weight excluding hydrogens is 247 g/mol. The van der Waals surface area contributed by atoms with Gasteiger partial charge in [0.15, 0.2) is 11.6 Å². The van der Waals surface area contributed by atoms with Crippen molar-refractivity contribution in [2.24, 2.45) is 0 Å². The molecule has 3 nitrogen and oxygen atoms in total. The highest BCUT2D eigenvalue weighted by molar-refractivity contribution is 5.87. The molecule has 0 fully saturated rings. The fourth-order valence-corrected chi connectivity index (χ4v) is 1.86. The molecule has 0 radical (unpaired) electrons. The molecule has 0 aromatic heterocycles. The van der Waals surface area contributed by atoms with Crippen LogP contribution in [0.3, 0.4) is 0 Å². The third-order valence-electron chi connectivity index (χ3n) is 2.97. The average Bonchev–Trinajstić information content (AvgIpc) is 2.37. The number of unbranched alkanes of at least 4 members (excludes halogenated alkanes) is 3. The molecule has 1 aromatic carbocycles. The van der Waals surface area contributed by atoms with Crippen LogP contribution in [-0.4, -0.2) is 17.2 Å². The molecule has 0 saturated carbocycles. The van der Waals surface area contributed by atoms with Gasteiger partial charge in [0.1, 0.15) is 0 Å². The fourth-order valence-electron chi connectivity index (χ4n) is 1.86. The maximum absolute atomic E-state index is 13.6.